The van der Waals surface area contributed by atoms with Crippen molar-refractivity contribution in [3.8, 4) is 0 Å². The highest BCUT2D eigenvalue weighted by atomic mass is 35.5. The van der Waals surface area contributed by atoms with Gasteiger partial charge in [-0.25, -0.2) is 0 Å². The van der Waals surface area contributed by atoms with Crippen LogP contribution in [0, 0.1) is 5.92 Å². The highest BCUT2D eigenvalue weighted by molar-refractivity contribution is 6.34. The molecule has 1 fully saturated rings. The molecule has 1 saturated heterocycles. The minimum atomic E-state index is 0.0134. The third-order valence-electron chi connectivity index (χ3n) is 4.05. The summed E-state index contributed by atoms with van der Waals surface area (Å²) in [7, 11) is 0. The first-order chi connectivity index (χ1) is 9.61. The molecule has 4 heteroatoms. The van der Waals surface area contributed by atoms with Crippen LogP contribution < -0.4 is 5.73 Å². The molecule has 1 amide bonds. The van der Waals surface area contributed by atoms with Crippen molar-refractivity contribution in [1.29, 1.82) is 0 Å². The van der Waals surface area contributed by atoms with Gasteiger partial charge in [-0.05, 0) is 43.4 Å². The third kappa shape index (κ3) is 3.66. The second-order valence-corrected chi connectivity index (χ2v) is 6.02. The van der Waals surface area contributed by atoms with Gasteiger partial charge in [0.05, 0.1) is 10.6 Å². The van der Waals surface area contributed by atoms with Gasteiger partial charge >= 0.3 is 0 Å². The molecule has 2 N–H and O–H groups in total. The van der Waals surface area contributed by atoms with Gasteiger partial charge in [-0.15, -0.1) is 0 Å². The summed E-state index contributed by atoms with van der Waals surface area (Å²) >= 11 is 6.13. The number of amides is 1. The van der Waals surface area contributed by atoms with E-state index in [1.54, 1.807) is 18.2 Å². The number of rotatable bonds is 3. The van der Waals surface area contributed by atoms with E-state index in [9.17, 15) is 4.79 Å². The van der Waals surface area contributed by atoms with Crippen molar-refractivity contribution < 1.29 is 4.79 Å². The van der Waals surface area contributed by atoms with E-state index in [1.165, 1.54) is 19.3 Å². The molecule has 0 radical (unpaired) electrons. The minimum absolute atomic E-state index is 0.0134. The molecule has 1 aromatic carbocycles. The highest BCUT2D eigenvalue weighted by Gasteiger charge is 2.22. The Labute approximate surface area is 126 Å². The topological polar surface area (TPSA) is 46.3 Å². The number of nitrogens with two attached hydrogens (primary N) is 1. The molecule has 110 valence electrons. The molecule has 1 aromatic rings. The minimum Gasteiger partial charge on any atom is -0.399 e. The van der Waals surface area contributed by atoms with Gasteiger partial charge < -0.3 is 10.6 Å². The van der Waals surface area contributed by atoms with Crippen LogP contribution in [-0.2, 0) is 0 Å². The normalized spacial score (nSPS) is 19.7. The van der Waals surface area contributed by atoms with Crippen LogP contribution in [0.4, 0.5) is 5.69 Å². The largest absolute Gasteiger partial charge is 0.399 e. The number of anilines is 1. The Morgan fingerprint density at radius 1 is 1.40 bits per heavy atom. The number of likely N-dealkylation sites (tertiary alicyclic amines) is 1. The van der Waals surface area contributed by atoms with Crippen molar-refractivity contribution in [3.63, 3.8) is 0 Å². The van der Waals surface area contributed by atoms with Crippen LogP contribution in [0.1, 0.15) is 49.4 Å². The average Bonchev–Trinajstić information content (AvgIpc) is 2.67. The second-order valence-electron chi connectivity index (χ2n) is 5.62. The van der Waals surface area contributed by atoms with Gasteiger partial charge in [-0.1, -0.05) is 31.4 Å². The van der Waals surface area contributed by atoms with Gasteiger partial charge in [0.1, 0.15) is 0 Å². The zero-order chi connectivity index (χ0) is 14.5. The summed E-state index contributed by atoms with van der Waals surface area (Å²) in [6.07, 6.45) is 5.89. The fraction of sp³-hybridized carbons (Fsp3) is 0.562. The number of hydrogen-bond acceptors (Lipinski definition) is 2. The van der Waals surface area contributed by atoms with Gasteiger partial charge in [0, 0.05) is 18.8 Å². The summed E-state index contributed by atoms with van der Waals surface area (Å²) < 4.78 is 0. The van der Waals surface area contributed by atoms with Crippen molar-refractivity contribution >= 4 is 23.2 Å². The first-order valence-corrected chi connectivity index (χ1v) is 7.84. The van der Waals surface area contributed by atoms with E-state index in [2.05, 4.69) is 6.92 Å². The molecular weight excluding hydrogens is 272 g/mol. The summed E-state index contributed by atoms with van der Waals surface area (Å²) in [6.45, 7) is 3.87. The van der Waals surface area contributed by atoms with Crippen LogP contribution in [-0.4, -0.2) is 23.9 Å². The van der Waals surface area contributed by atoms with Crippen LogP contribution in [0.15, 0.2) is 18.2 Å². The predicted octanol–water partition coefficient (Wildman–Crippen LogP) is 3.96. The predicted molar refractivity (Wildman–Crippen MR) is 84.0 cm³/mol. The Morgan fingerprint density at radius 3 is 2.95 bits per heavy atom. The van der Waals surface area contributed by atoms with Gasteiger partial charge in [0.15, 0.2) is 0 Å². The lowest BCUT2D eigenvalue weighted by Crippen LogP contribution is -2.32. The highest BCUT2D eigenvalue weighted by Crippen LogP contribution is 2.25. The summed E-state index contributed by atoms with van der Waals surface area (Å²) in [4.78, 5) is 14.5. The zero-order valence-electron chi connectivity index (χ0n) is 12.1. The summed E-state index contributed by atoms with van der Waals surface area (Å²) in [6, 6.07) is 5.10. The number of carbonyl (C=O) groups is 1. The molecule has 3 nitrogen and oxygen atoms in total. The van der Waals surface area contributed by atoms with Gasteiger partial charge in [0.25, 0.3) is 5.91 Å². The van der Waals surface area contributed by atoms with E-state index in [0.29, 0.717) is 16.3 Å². The summed E-state index contributed by atoms with van der Waals surface area (Å²) in [5, 5.41) is 0.485. The van der Waals surface area contributed by atoms with Crippen molar-refractivity contribution in [3.05, 3.63) is 28.8 Å². The first kappa shape index (κ1) is 15.2. The number of benzene rings is 1. The van der Waals surface area contributed by atoms with Crippen LogP contribution >= 0.6 is 11.6 Å². The molecular formula is C16H23ClN2O. The van der Waals surface area contributed by atoms with E-state index >= 15 is 0 Å². The lowest BCUT2D eigenvalue weighted by atomic mass is 9.96. The van der Waals surface area contributed by atoms with Crippen molar-refractivity contribution in [2.24, 2.45) is 5.92 Å². The van der Waals surface area contributed by atoms with Crippen molar-refractivity contribution in [2.45, 2.75) is 39.0 Å². The van der Waals surface area contributed by atoms with Crippen molar-refractivity contribution in [1.82, 2.24) is 4.90 Å². The number of carbonyl (C=O) groups excluding carboxylic acids is 1. The summed E-state index contributed by atoms with van der Waals surface area (Å²) in [5.41, 5.74) is 6.87. The fourth-order valence-corrected chi connectivity index (χ4v) is 3.14. The Kier molecular flexibility index (Phi) is 5.30. The Morgan fingerprint density at radius 2 is 2.20 bits per heavy atom. The van der Waals surface area contributed by atoms with Gasteiger partial charge in [-0.3, -0.25) is 4.79 Å². The molecule has 1 unspecified atom stereocenters. The smallest absolute Gasteiger partial charge is 0.255 e. The second kappa shape index (κ2) is 6.98. The molecule has 20 heavy (non-hydrogen) atoms. The van der Waals surface area contributed by atoms with E-state index in [4.69, 9.17) is 17.3 Å². The molecule has 0 aliphatic carbocycles. The Balaban J connectivity index is 2.07. The molecule has 0 spiro atoms. The van der Waals surface area contributed by atoms with E-state index < -0.39 is 0 Å². The Bertz CT molecular complexity index is 476. The molecule has 1 atom stereocenters. The number of halogens is 1. The van der Waals surface area contributed by atoms with E-state index in [0.717, 1.165) is 31.8 Å². The van der Waals surface area contributed by atoms with Crippen LogP contribution in [0.2, 0.25) is 5.02 Å². The van der Waals surface area contributed by atoms with Crippen LogP contribution in [0.3, 0.4) is 0 Å². The maximum Gasteiger partial charge on any atom is 0.255 e. The fourth-order valence-electron chi connectivity index (χ4n) is 2.94. The zero-order valence-corrected chi connectivity index (χ0v) is 12.8. The quantitative estimate of drug-likeness (QED) is 0.858. The number of nitrogens with zero attached hydrogens (tertiary/aromatic N) is 1. The maximum atomic E-state index is 12.6. The lowest BCUT2D eigenvalue weighted by molar-refractivity contribution is 0.0760. The first-order valence-electron chi connectivity index (χ1n) is 7.46. The molecule has 1 heterocycles. The number of nitrogen functional groups attached to an aromatic ring is 1. The molecule has 0 aromatic heterocycles. The monoisotopic (exact) mass is 294 g/mol. The number of hydrogen-bond donors (Lipinski definition) is 1. The van der Waals surface area contributed by atoms with E-state index in [1.807, 2.05) is 4.90 Å². The molecule has 1 aliphatic rings. The SMILES string of the molecule is CCCC1CCCN(C(=O)c2cc(N)ccc2Cl)CC1. The average molecular weight is 295 g/mol. The lowest BCUT2D eigenvalue weighted by Gasteiger charge is -2.21. The standard InChI is InChI=1S/C16H23ClN2O/c1-2-4-12-5-3-9-19(10-8-12)16(20)14-11-13(18)6-7-15(14)17/h6-7,11-12H,2-5,8-10,18H2,1H3. The van der Waals surface area contributed by atoms with Crippen molar-refractivity contribution in [2.75, 3.05) is 18.8 Å². The third-order valence-corrected chi connectivity index (χ3v) is 4.38. The van der Waals surface area contributed by atoms with E-state index in [-0.39, 0.29) is 5.91 Å². The molecule has 0 bridgehead atoms. The molecule has 2 rings (SSSR count). The van der Waals surface area contributed by atoms with Gasteiger partial charge in [0.2, 0.25) is 0 Å². The summed E-state index contributed by atoms with van der Waals surface area (Å²) in [5.74, 6) is 0.772. The maximum absolute atomic E-state index is 12.6. The molecule has 0 saturated carbocycles. The van der Waals surface area contributed by atoms with Crippen LogP contribution in [0.25, 0.3) is 0 Å². The Hall–Kier alpha value is -1.22. The molecule has 1 aliphatic heterocycles. The van der Waals surface area contributed by atoms with Crippen LogP contribution in [0.5, 0.6) is 0 Å². The van der Waals surface area contributed by atoms with Gasteiger partial charge in [-0.2, -0.15) is 0 Å².